The van der Waals surface area contributed by atoms with Crippen molar-refractivity contribution in [3.63, 3.8) is 0 Å². The molecule has 0 rings (SSSR count). The van der Waals surface area contributed by atoms with Crippen molar-refractivity contribution < 1.29 is 80.2 Å². The molecule has 0 atom stereocenters. The minimum absolute atomic E-state index is 0. The summed E-state index contributed by atoms with van der Waals surface area (Å²) in [6.07, 6.45) is 0. The van der Waals surface area contributed by atoms with E-state index in [4.69, 9.17) is 41.2 Å². The van der Waals surface area contributed by atoms with Crippen molar-refractivity contribution in [3.8, 4) is 0 Å². The van der Waals surface area contributed by atoms with E-state index in [0.29, 0.717) is 0 Å². The Kier molecular flexibility index (Phi) is 63000. The Morgan fingerprint density at radius 2 is 0.565 bits per heavy atom. The van der Waals surface area contributed by atoms with Crippen molar-refractivity contribution in [3.05, 3.63) is 66.9 Å². The molecule has 0 amide bonds. The summed E-state index contributed by atoms with van der Waals surface area (Å²) in [6.45, 7) is 0. The van der Waals surface area contributed by atoms with E-state index >= 15 is 0 Å². The van der Waals surface area contributed by atoms with Crippen LogP contribution in [0.1, 0.15) is 0 Å². The van der Waals surface area contributed by atoms with Gasteiger partial charge in [-0.3, -0.25) is 0 Å². The minimum Gasteiger partial charge on any atom is -1.00 e. The molecule has 16 N–H and O–H groups in total. The third-order valence-electron chi connectivity index (χ3n) is 0. The summed E-state index contributed by atoms with van der Waals surface area (Å²) < 4.78 is 0. The van der Waals surface area contributed by atoms with Gasteiger partial charge in [-0.2, -0.15) is 0 Å². The van der Waals surface area contributed by atoms with Crippen molar-refractivity contribution in [1.82, 2.24) is 11.2 Å². The molecule has 23 heavy (non-hydrogen) atoms. The SMILES string of the molecule is O.O=N[O-].O=N[O-].[Cl-].[Cl-].[NH2-].[NH2-].[NH2-].[NH2-].[NH2-].[NH2-].[N]=O.[N]=O.[OH-].[OH-].[Ru+6].[Ru+6]. The smallest absolute Gasteiger partial charge is 1.00 e. The van der Waals surface area contributed by atoms with Crippen LogP contribution in [-0.2, 0) is 39.0 Å². The van der Waals surface area contributed by atoms with Crippen molar-refractivity contribution in [2.24, 2.45) is 10.7 Å². The van der Waals surface area contributed by atoms with E-state index in [0.717, 1.165) is 10.7 Å². The fourth-order valence-electron chi connectivity index (χ4n) is 0. The van der Waals surface area contributed by atoms with Crippen LogP contribution in [0, 0.1) is 30.0 Å². The molecule has 0 aliphatic carbocycles. The van der Waals surface area contributed by atoms with Crippen LogP contribution in [0.3, 0.4) is 0 Å². The molecule has 0 aromatic heterocycles. The van der Waals surface area contributed by atoms with Crippen LogP contribution in [0.25, 0.3) is 36.9 Å². The molecule has 0 saturated carbocycles. The normalized spacial score (nSPS) is 1.39. The van der Waals surface area contributed by atoms with Crippen LogP contribution >= 0.6 is 0 Å². The molecule has 150 valence electrons. The average Bonchev–Trinajstić information content (AvgIpc) is 1.99. The first kappa shape index (κ1) is 346. The third-order valence-corrected chi connectivity index (χ3v) is 0. The number of hydrogen-bond donors (Lipinski definition) is 0. The molecule has 23 heteroatoms. The van der Waals surface area contributed by atoms with Crippen LogP contribution in [0.5, 0.6) is 0 Å². The Morgan fingerprint density at radius 3 is 0.565 bits per heavy atom. The summed E-state index contributed by atoms with van der Waals surface area (Å²) in [5, 5.41) is 18.0. The molecule has 0 fully saturated rings. The van der Waals surface area contributed by atoms with Gasteiger partial charge in [0.2, 0.25) is 0 Å². The maximum Gasteiger partial charge on any atom is 6.00 e. The van der Waals surface area contributed by atoms with Crippen molar-refractivity contribution >= 4 is 0 Å². The Balaban J connectivity index is -0.00000000118. The Bertz CT molecular complexity index is 74.3. The van der Waals surface area contributed by atoms with E-state index < -0.39 is 0 Å². The summed E-state index contributed by atoms with van der Waals surface area (Å²) in [4.78, 5) is 30.5. The number of halogens is 2. The first-order valence-corrected chi connectivity index (χ1v) is 1.10. The van der Waals surface area contributed by atoms with Gasteiger partial charge in [0, 0.05) is 0 Å². The molecule has 0 unspecified atom stereocenters. The van der Waals surface area contributed by atoms with E-state index in [9.17, 15) is 0 Å². The average molecular weight is 573 g/mol. The first-order chi connectivity index (χ1) is 4.83. The van der Waals surface area contributed by atoms with Gasteiger partial charge in [-0.1, -0.05) is 0 Å². The van der Waals surface area contributed by atoms with Crippen molar-refractivity contribution in [2.75, 3.05) is 0 Å². The maximum absolute atomic E-state index is 8.00. The molecule has 2 radical (unpaired) electrons. The van der Waals surface area contributed by atoms with E-state index in [1.54, 1.807) is 0 Å². The minimum atomic E-state index is 0. The van der Waals surface area contributed by atoms with Crippen LogP contribution in [0.15, 0.2) is 10.7 Å². The molecule has 0 aromatic carbocycles. The van der Waals surface area contributed by atoms with Gasteiger partial charge in [0.15, 0.2) is 0 Å². The molecule has 0 aliphatic rings. The second-order valence-corrected chi connectivity index (χ2v) is 0.149. The molecule has 0 bridgehead atoms. The van der Waals surface area contributed by atoms with Gasteiger partial charge in [0.1, 0.15) is 11.2 Å². The fourth-order valence-corrected chi connectivity index (χ4v) is 0. The van der Waals surface area contributed by atoms with E-state index in [1.165, 1.54) is 0 Å². The Morgan fingerprint density at radius 1 is 0.565 bits per heavy atom. The molecule has 0 spiro atoms. The topological polar surface area (TPSA) is 476 Å². The number of nitroso groups, excluding NO2 is 2. The number of hydrogen-bond acceptors (Lipinski definition) is 10. The second kappa shape index (κ2) is 4180. The zero-order valence-electron chi connectivity index (χ0n) is 10.6. The summed E-state index contributed by atoms with van der Waals surface area (Å²) >= 11 is 0. The van der Waals surface area contributed by atoms with E-state index in [2.05, 4.69) is 0 Å². The predicted molar refractivity (Wildman–Crippen MR) is 68.5 cm³/mol. The largest absolute Gasteiger partial charge is 6.00 e. The van der Waals surface area contributed by atoms with Crippen LogP contribution in [0.2, 0.25) is 0 Å². The third kappa shape index (κ3) is 28600. The summed E-state index contributed by atoms with van der Waals surface area (Å²) in [7, 11) is 0. The van der Waals surface area contributed by atoms with Gasteiger partial charge in [0.05, 0.1) is 0 Å². The molecule has 19 nitrogen and oxygen atoms in total. The Hall–Kier alpha value is -0.533. The van der Waals surface area contributed by atoms with Gasteiger partial charge >= 0.3 is 39.0 Å². The van der Waals surface area contributed by atoms with E-state index in [-0.39, 0.29) is 117 Å². The van der Waals surface area contributed by atoms with Crippen LogP contribution < -0.4 is 36.0 Å². The monoisotopic (exact) mass is 574 g/mol. The van der Waals surface area contributed by atoms with Gasteiger partial charge in [-0.15, -0.1) is 20.5 Å². The number of nitrogens with zero attached hydrogens (tertiary/aromatic N) is 4. The molecular formula is H16Cl2N10O9Ru2. The van der Waals surface area contributed by atoms with Crippen LogP contribution in [-0.4, -0.2) is 16.4 Å². The van der Waals surface area contributed by atoms with Gasteiger partial charge in [0.25, 0.3) is 0 Å². The van der Waals surface area contributed by atoms with Gasteiger partial charge < -0.3 is 98.4 Å². The quantitative estimate of drug-likeness (QED) is 0.160. The first-order valence-electron chi connectivity index (χ1n) is 1.10. The zero-order valence-corrected chi connectivity index (χ0v) is 15.5. The van der Waals surface area contributed by atoms with Crippen molar-refractivity contribution in [1.29, 1.82) is 0 Å². The molecule has 0 aromatic rings. The zero-order chi connectivity index (χ0) is 9.41. The molecule has 0 saturated heterocycles. The molecule has 0 heterocycles. The van der Waals surface area contributed by atoms with E-state index in [1.807, 2.05) is 0 Å². The fraction of sp³-hybridized carbons (Fsp3) is 0. The summed E-state index contributed by atoms with van der Waals surface area (Å²) in [5.74, 6) is 0. The number of rotatable bonds is 0. The van der Waals surface area contributed by atoms with Gasteiger partial charge in [-0.25, -0.2) is 0 Å². The van der Waals surface area contributed by atoms with Gasteiger partial charge in [-0.05, 0) is 0 Å². The molecule has 0 aliphatic heterocycles. The standard InChI is InChI=1S/2ClH.2HNO2.2NO.6H2N.3H2O.2Ru/c;;2*2-1-3;2*1-2;;;;;;;;;;;/h2*1H;2*(H,2,3);;;9*1H2;;/q;;;;;;6*-1;;;;2*+6/p-6. The maximum atomic E-state index is 8.00. The summed E-state index contributed by atoms with van der Waals surface area (Å²) in [5.41, 5.74) is 11.5. The molecular weight excluding hydrogens is 557 g/mol. The number of nitrogens with two attached hydrogens (primary N) is 6. The Labute approximate surface area is 169 Å². The van der Waals surface area contributed by atoms with Crippen LogP contribution in [0.4, 0.5) is 0 Å². The van der Waals surface area contributed by atoms with Crippen molar-refractivity contribution in [2.45, 2.75) is 0 Å². The second-order valence-electron chi connectivity index (χ2n) is 0.149. The predicted octanol–water partition coefficient (Wildman–Crippen LogP) is -3.27. The summed E-state index contributed by atoms with van der Waals surface area (Å²) in [6, 6.07) is 0.